The van der Waals surface area contributed by atoms with Crippen molar-refractivity contribution in [3.05, 3.63) is 53.2 Å². The number of allylic oxidation sites excluding steroid dienone is 1. The number of carbonyl (C=O) groups excluding carboxylic acids is 1. The van der Waals surface area contributed by atoms with E-state index in [4.69, 9.17) is 30.0 Å². The molecule has 1 atom stereocenters. The zero-order valence-electron chi connectivity index (χ0n) is 21.5. The zero-order chi connectivity index (χ0) is 26.0. The van der Waals surface area contributed by atoms with E-state index in [-0.39, 0.29) is 0 Å². The summed E-state index contributed by atoms with van der Waals surface area (Å²) < 4.78 is 18.2. The van der Waals surface area contributed by atoms with Crippen LogP contribution in [-0.2, 0) is 4.79 Å². The van der Waals surface area contributed by atoms with Gasteiger partial charge in [-0.2, -0.15) is 4.98 Å². The van der Waals surface area contributed by atoms with Gasteiger partial charge in [-0.25, -0.2) is 4.68 Å². The van der Waals surface area contributed by atoms with Gasteiger partial charge in [0.1, 0.15) is 6.04 Å². The second-order valence-electron chi connectivity index (χ2n) is 8.31. The summed E-state index contributed by atoms with van der Waals surface area (Å²) >= 11 is 0. The van der Waals surface area contributed by atoms with Gasteiger partial charge in [0.15, 0.2) is 17.3 Å². The summed E-state index contributed by atoms with van der Waals surface area (Å²) in [6.45, 7) is 7.90. The first-order valence-corrected chi connectivity index (χ1v) is 11.8. The minimum atomic E-state index is -0.649. The minimum absolute atomic E-state index is 0.366. The molecule has 3 aromatic rings. The van der Waals surface area contributed by atoms with Crippen LogP contribution in [0.5, 0.6) is 17.2 Å². The molecular weight excluding hydrogens is 460 g/mol. The Labute approximate surface area is 210 Å². The summed E-state index contributed by atoms with van der Waals surface area (Å²) in [5.41, 5.74) is 9.49. The van der Waals surface area contributed by atoms with Crippen molar-refractivity contribution in [2.24, 2.45) is 5.73 Å². The number of ether oxygens (including phenoxy) is 3. The van der Waals surface area contributed by atoms with Crippen molar-refractivity contribution < 1.29 is 19.0 Å². The Hall–Kier alpha value is -4.21. The van der Waals surface area contributed by atoms with E-state index in [1.54, 1.807) is 38.0 Å². The van der Waals surface area contributed by atoms with Gasteiger partial charge < -0.3 is 30.2 Å². The van der Waals surface area contributed by atoms with Crippen LogP contribution < -0.4 is 30.2 Å². The summed E-state index contributed by atoms with van der Waals surface area (Å²) in [6.07, 6.45) is 0. The Morgan fingerprint density at radius 2 is 1.67 bits per heavy atom. The van der Waals surface area contributed by atoms with Crippen LogP contribution in [0.15, 0.2) is 47.7 Å². The summed E-state index contributed by atoms with van der Waals surface area (Å²) in [5.74, 6) is 1.83. The molecule has 2 aromatic carbocycles. The van der Waals surface area contributed by atoms with Crippen molar-refractivity contribution in [2.45, 2.75) is 26.8 Å². The number of benzene rings is 2. The third kappa shape index (κ3) is 4.30. The fourth-order valence-electron chi connectivity index (χ4n) is 4.57. The van der Waals surface area contributed by atoms with Crippen LogP contribution in [0.3, 0.4) is 0 Å². The molecular formula is C26H32N6O4. The van der Waals surface area contributed by atoms with Gasteiger partial charge in [-0.05, 0) is 62.7 Å². The molecule has 0 radical (unpaired) electrons. The van der Waals surface area contributed by atoms with E-state index in [1.807, 2.05) is 12.1 Å². The molecule has 3 N–H and O–H groups in total. The molecule has 36 heavy (non-hydrogen) atoms. The fraction of sp³-hybridized carbons (Fsp3) is 0.346. The summed E-state index contributed by atoms with van der Waals surface area (Å²) in [6, 6.07) is 11.0. The smallest absolute Gasteiger partial charge is 0.248 e. The number of aromatic nitrogens is 3. The standard InChI is InChI=1S/C26H32N6O4/c1-7-31(8-2)18-11-9-16(10-12-18)25-29-26-28-15(3)21(24(27)33)22(32(26)30-25)17-13-19(34-4)23(36-6)20(14-17)35-5/h9-14,22H,7-8H2,1-6H3,(H2,27,33)(H,28,29,30). The number of hydrogen-bond donors (Lipinski definition) is 2. The molecule has 1 unspecified atom stereocenters. The third-order valence-electron chi connectivity index (χ3n) is 6.37. The van der Waals surface area contributed by atoms with Crippen molar-refractivity contribution in [3.63, 3.8) is 0 Å². The van der Waals surface area contributed by atoms with Crippen LogP contribution in [0.4, 0.5) is 11.6 Å². The van der Waals surface area contributed by atoms with Gasteiger partial charge in [0.05, 0.1) is 26.9 Å². The highest BCUT2D eigenvalue weighted by Crippen LogP contribution is 2.44. The maximum absolute atomic E-state index is 12.6. The number of methoxy groups -OCH3 is 3. The Balaban J connectivity index is 1.84. The van der Waals surface area contributed by atoms with Crippen LogP contribution in [0, 0.1) is 0 Å². The third-order valence-corrected chi connectivity index (χ3v) is 6.37. The first-order valence-electron chi connectivity index (χ1n) is 11.8. The van der Waals surface area contributed by atoms with Crippen LogP contribution in [0.25, 0.3) is 11.4 Å². The lowest BCUT2D eigenvalue weighted by molar-refractivity contribution is -0.115. The highest BCUT2D eigenvalue weighted by atomic mass is 16.5. The number of anilines is 2. The molecule has 190 valence electrons. The second-order valence-corrected chi connectivity index (χ2v) is 8.31. The normalized spacial score (nSPS) is 14.7. The molecule has 10 heteroatoms. The van der Waals surface area contributed by atoms with E-state index >= 15 is 0 Å². The van der Waals surface area contributed by atoms with Crippen LogP contribution in [-0.4, -0.2) is 55.1 Å². The second kappa shape index (κ2) is 10.2. The quantitative estimate of drug-likeness (QED) is 0.465. The molecule has 1 amide bonds. The molecule has 0 saturated carbocycles. The largest absolute Gasteiger partial charge is 0.493 e. The molecule has 4 rings (SSSR count). The van der Waals surface area contributed by atoms with E-state index in [1.165, 1.54) is 7.11 Å². The number of amides is 1. The number of nitrogens with one attached hydrogen (secondary N) is 1. The Kier molecular flexibility index (Phi) is 7.05. The molecule has 0 spiro atoms. The maximum atomic E-state index is 12.6. The molecule has 0 saturated heterocycles. The monoisotopic (exact) mass is 492 g/mol. The number of nitrogens with zero attached hydrogens (tertiary/aromatic N) is 4. The van der Waals surface area contributed by atoms with Gasteiger partial charge in [-0.1, -0.05) is 0 Å². The van der Waals surface area contributed by atoms with Gasteiger partial charge in [0.25, 0.3) is 0 Å². The fourth-order valence-corrected chi connectivity index (χ4v) is 4.57. The molecule has 0 bridgehead atoms. The topological polar surface area (TPSA) is 117 Å². The predicted molar refractivity (Wildman–Crippen MR) is 139 cm³/mol. The van der Waals surface area contributed by atoms with Crippen molar-refractivity contribution in [1.82, 2.24) is 14.8 Å². The van der Waals surface area contributed by atoms with Crippen LogP contribution >= 0.6 is 0 Å². The van der Waals surface area contributed by atoms with E-state index in [0.29, 0.717) is 45.9 Å². The molecule has 1 aromatic heterocycles. The number of rotatable bonds is 9. The van der Waals surface area contributed by atoms with Crippen molar-refractivity contribution in [3.8, 4) is 28.6 Å². The number of nitrogens with two attached hydrogens (primary N) is 1. The lowest BCUT2D eigenvalue weighted by Crippen LogP contribution is -2.31. The highest BCUT2D eigenvalue weighted by molar-refractivity contribution is 5.95. The van der Waals surface area contributed by atoms with Crippen molar-refractivity contribution >= 4 is 17.5 Å². The summed E-state index contributed by atoms with van der Waals surface area (Å²) in [4.78, 5) is 19.6. The van der Waals surface area contributed by atoms with Crippen molar-refractivity contribution in [1.29, 1.82) is 0 Å². The molecule has 0 aliphatic carbocycles. The summed E-state index contributed by atoms with van der Waals surface area (Å²) in [5, 5.41) is 7.97. The Bertz CT molecular complexity index is 1270. The lowest BCUT2D eigenvalue weighted by Gasteiger charge is -2.28. The highest BCUT2D eigenvalue weighted by Gasteiger charge is 2.34. The first kappa shape index (κ1) is 24.9. The Morgan fingerprint density at radius 3 is 2.17 bits per heavy atom. The zero-order valence-corrected chi connectivity index (χ0v) is 21.5. The minimum Gasteiger partial charge on any atom is -0.493 e. The van der Waals surface area contributed by atoms with E-state index in [2.05, 4.69) is 36.2 Å². The van der Waals surface area contributed by atoms with Gasteiger partial charge in [0, 0.05) is 30.0 Å². The van der Waals surface area contributed by atoms with Gasteiger partial charge in [-0.3, -0.25) is 4.79 Å². The number of fused-ring (bicyclic) bond motifs is 1. The maximum Gasteiger partial charge on any atom is 0.248 e. The number of hydrogen-bond acceptors (Lipinski definition) is 8. The molecule has 10 nitrogen and oxygen atoms in total. The molecule has 0 fully saturated rings. The van der Waals surface area contributed by atoms with Crippen LogP contribution in [0.2, 0.25) is 0 Å². The van der Waals surface area contributed by atoms with Crippen molar-refractivity contribution in [2.75, 3.05) is 44.6 Å². The molecule has 1 aliphatic heterocycles. The van der Waals surface area contributed by atoms with E-state index in [9.17, 15) is 4.79 Å². The Morgan fingerprint density at radius 1 is 1.06 bits per heavy atom. The van der Waals surface area contributed by atoms with Gasteiger partial charge in [-0.15, -0.1) is 5.10 Å². The lowest BCUT2D eigenvalue weighted by atomic mass is 9.94. The number of carbonyl (C=O) groups is 1. The SMILES string of the molecule is CCN(CC)c1ccc(-c2nc3n(n2)C(c2cc(OC)c(OC)c(OC)c2)C(C(N)=O)=C(C)N3)cc1. The van der Waals surface area contributed by atoms with Gasteiger partial charge in [0.2, 0.25) is 17.6 Å². The summed E-state index contributed by atoms with van der Waals surface area (Å²) in [7, 11) is 4.62. The van der Waals surface area contributed by atoms with Gasteiger partial charge >= 0.3 is 0 Å². The van der Waals surface area contributed by atoms with E-state index in [0.717, 1.165) is 24.3 Å². The number of primary amides is 1. The first-order chi connectivity index (χ1) is 17.4. The van der Waals surface area contributed by atoms with E-state index < -0.39 is 11.9 Å². The predicted octanol–water partition coefficient (Wildman–Crippen LogP) is 3.59. The molecule has 1 aliphatic rings. The average Bonchev–Trinajstić information content (AvgIpc) is 3.31. The van der Waals surface area contributed by atoms with Crippen LogP contribution in [0.1, 0.15) is 32.4 Å². The average molecular weight is 493 g/mol. The molecule has 2 heterocycles.